The van der Waals surface area contributed by atoms with E-state index in [1.165, 1.54) is 0 Å². The van der Waals surface area contributed by atoms with Gasteiger partial charge in [0.05, 0.1) is 6.61 Å². The van der Waals surface area contributed by atoms with E-state index in [0.29, 0.717) is 18.0 Å². The second-order valence-electron chi connectivity index (χ2n) is 6.31. The maximum absolute atomic E-state index is 15.1. The van der Waals surface area contributed by atoms with Gasteiger partial charge in [0, 0.05) is 11.8 Å². The number of rotatable bonds is 6. The van der Waals surface area contributed by atoms with Gasteiger partial charge in [-0.3, -0.25) is 0 Å². The van der Waals surface area contributed by atoms with Crippen molar-refractivity contribution in [3.63, 3.8) is 0 Å². The van der Waals surface area contributed by atoms with E-state index in [4.69, 9.17) is 9.47 Å². The molecule has 1 N–H and O–H groups in total. The van der Waals surface area contributed by atoms with E-state index in [9.17, 15) is 10.5 Å². The fourth-order valence-corrected chi connectivity index (χ4v) is 2.78. The molecule has 0 atom stereocenters. The number of nitriles is 2. The van der Waals surface area contributed by atoms with Crippen molar-refractivity contribution in [1.29, 1.82) is 10.5 Å². The predicted octanol–water partition coefficient (Wildman–Crippen LogP) is 5.95. The van der Waals surface area contributed by atoms with Gasteiger partial charge in [-0.1, -0.05) is 23.8 Å². The maximum Gasteiger partial charge on any atom is 0.190 e. The van der Waals surface area contributed by atoms with Crippen molar-refractivity contribution in [2.75, 3.05) is 11.9 Å². The lowest BCUT2D eigenvalue weighted by Crippen LogP contribution is -2.06. The Morgan fingerprint density at radius 1 is 0.933 bits per heavy atom. The Hall–Kier alpha value is -4.10. The number of hydrogen-bond acceptors (Lipinski definition) is 5. The average Bonchev–Trinajstić information content (AvgIpc) is 2.74. The monoisotopic (exact) mass is 405 g/mol. The summed E-state index contributed by atoms with van der Waals surface area (Å²) >= 11 is 0. The fourth-order valence-electron chi connectivity index (χ4n) is 2.78. The number of anilines is 2. The Kier molecular flexibility index (Phi) is 6.14. The first-order valence-corrected chi connectivity index (χ1v) is 9.08. The smallest absolute Gasteiger partial charge is 0.190 e. The van der Waals surface area contributed by atoms with Gasteiger partial charge < -0.3 is 14.8 Å². The lowest BCUT2D eigenvalue weighted by molar-refractivity contribution is 0.340. The molecule has 30 heavy (non-hydrogen) atoms. The predicted molar refractivity (Wildman–Crippen MR) is 108 cm³/mol. The molecule has 0 fully saturated rings. The maximum atomic E-state index is 15.1. The number of nitrogens with zero attached hydrogens (tertiary/aromatic N) is 2. The van der Waals surface area contributed by atoms with Crippen molar-refractivity contribution in [3.8, 4) is 29.4 Å². The highest BCUT2D eigenvalue weighted by atomic mass is 19.1. The van der Waals surface area contributed by atoms with E-state index in [0.717, 1.165) is 5.56 Å². The number of nitrogens with one attached hydrogen (secondary N) is 1. The van der Waals surface area contributed by atoms with Crippen LogP contribution in [-0.4, -0.2) is 6.61 Å². The molecule has 0 aliphatic heterocycles. The first-order valence-electron chi connectivity index (χ1n) is 9.08. The van der Waals surface area contributed by atoms with Crippen molar-refractivity contribution >= 4 is 11.4 Å². The minimum absolute atomic E-state index is 0.249. The van der Waals surface area contributed by atoms with E-state index >= 15 is 8.78 Å². The van der Waals surface area contributed by atoms with Crippen LogP contribution in [0.4, 0.5) is 20.2 Å². The lowest BCUT2D eigenvalue weighted by atomic mass is 10.1. The summed E-state index contributed by atoms with van der Waals surface area (Å²) in [6, 6.07) is 16.4. The van der Waals surface area contributed by atoms with Crippen LogP contribution in [0.15, 0.2) is 48.5 Å². The van der Waals surface area contributed by atoms with Gasteiger partial charge in [-0.15, -0.1) is 0 Å². The highest BCUT2D eigenvalue weighted by Gasteiger charge is 2.27. The largest absolute Gasteiger partial charge is 0.494 e. The second kappa shape index (κ2) is 8.93. The first kappa shape index (κ1) is 20.6. The number of ether oxygens (including phenoxy) is 2. The van der Waals surface area contributed by atoms with Crippen LogP contribution in [0, 0.1) is 41.2 Å². The number of benzene rings is 3. The molecule has 3 rings (SSSR count). The zero-order chi connectivity index (χ0) is 21.7. The SMILES string of the molecule is CCOc1cccc(Nc2c(F)c(C#N)c(C#N)c(F)c2Oc2ccc(C)cc2)c1. The van der Waals surface area contributed by atoms with Crippen LogP contribution in [0.25, 0.3) is 0 Å². The molecule has 150 valence electrons. The van der Waals surface area contributed by atoms with Crippen LogP contribution in [0.1, 0.15) is 23.6 Å². The molecular weight excluding hydrogens is 388 g/mol. The third-order valence-electron chi connectivity index (χ3n) is 4.21. The summed E-state index contributed by atoms with van der Waals surface area (Å²) in [7, 11) is 0. The van der Waals surface area contributed by atoms with E-state index in [1.54, 1.807) is 60.7 Å². The van der Waals surface area contributed by atoms with Crippen LogP contribution in [0.5, 0.6) is 17.2 Å². The number of hydrogen-bond donors (Lipinski definition) is 1. The molecular formula is C23H17F2N3O2. The van der Waals surface area contributed by atoms with Crippen molar-refractivity contribution in [1.82, 2.24) is 0 Å². The lowest BCUT2D eigenvalue weighted by Gasteiger charge is -2.17. The highest BCUT2D eigenvalue weighted by molar-refractivity contribution is 5.73. The zero-order valence-electron chi connectivity index (χ0n) is 16.3. The summed E-state index contributed by atoms with van der Waals surface area (Å²) in [5.74, 6) is -1.95. The molecule has 0 radical (unpaired) electrons. The van der Waals surface area contributed by atoms with Crippen LogP contribution in [0.2, 0.25) is 0 Å². The Labute approximate surface area is 172 Å². The van der Waals surface area contributed by atoms with Crippen LogP contribution in [0.3, 0.4) is 0 Å². The molecule has 5 nitrogen and oxygen atoms in total. The van der Waals surface area contributed by atoms with Gasteiger partial charge in [0.15, 0.2) is 17.4 Å². The molecule has 0 bridgehead atoms. The molecule has 0 amide bonds. The molecule has 0 aromatic heterocycles. The van der Waals surface area contributed by atoms with Gasteiger partial charge in [-0.2, -0.15) is 10.5 Å². The van der Waals surface area contributed by atoms with Gasteiger partial charge in [0.1, 0.15) is 40.5 Å². The van der Waals surface area contributed by atoms with Crippen molar-refractivity contribution in [2.45, 2.75) is 13.8 Å². The average molecular weight is 405 g/mol. The van der Waals surface area contributed by atoms with Gasteiger partial charge in [0.25, 0.3) is 0 Å². The van der Waals surface area contributed by atoms with Gasteiger partial charge >= 0.3 is 0 Å². The number of halogens is 2. The summed E-state index contributed by atoms with van der Waals surface area (Å²) in [4.78, 5) is 0. The highest BCUT2D eigenvalue weighted by Crippen LogP contribution is 2.40. The molecule has 0 spiro atoms. The normalized spacial score (nSPS) is 10.1. The van der Waals surface area contributed by atoms with E-state index in [2.05, 4.69) is 5.32 Å². The molecule has 0 unspecified atom stereocenters. The van der Waals surface area contributed by atoms with Crippen LogP contribution >= 0.6 is 0 Å². The summed E-state index contributed by atoms with van der Waals surface area (Å²) in [6.45, 7) is 4.13. The zero-order valence-corrected chi connectivity index (χ0v) is 16.3. The third-order valence-corrected chi connectivity index (χ3v) is 4.21. The quantitative estimate of drug-likeness (QED) is 0.548. The fraction of sp³-hybridized carbons (Fsp3) is 0.130. The molecule has 0 aliphatic carbocycles. The van der Waals surface area contributed by atoms with Crippen LogP contribution < -0.4 is 14.8 Å². The third kappa shape index (κ3) is 4.16. The van der Waals surface area contributed by atoms with Crippen LogP contribution in [-0.2, 0) is 0 Å². The molecule has 0 aliphatic rings. The van der Waals surface area contributed by atoms with E-state index in [-0.39, 0.29) is 5.75 Å². The topological polar surface area (TPSA) is 78.1 Å². The minimum Gasteiger partial charge on any atom is -0.494 e. The number of aryl methyl sites for hydroxylation is 1. The van der Waals surface area contributed by atoms with Gasteiger partial charge in [-0.25, -0.2) is 8.78 Å². The Morgan fingerprint density at radius 2 is 1.60 bits per heavy atom. The molecule has 3 aromatic rings. The van der Waals surface area contributed by atoms with E-state index in [1.807, 2.05) is 13.8 Å². The minimum atomic E-state index is -1.13. The van der Waals surface area contributed by atoms with Crippen molar-refractivity contribution < 1.29 is 18.3 Å². The Morgan fingerprint density at radius 3 is 2.23 bits per heavy atom. The molecule has 7 heteroatoms. The second-order valence-corrected chi connectivity index (χ2v) is 6.31. The van der Waals surface area contributed by atoms with Crippen molar-refractivity contribution in [3.05, 3.63) is 76.9 Å². The molecule has 0 heterocycles. The van der Waals surface area contributed by atoms with Gasteiger partial charge in [-0.05, 0) is 38.1 Å². The first-order chi connectivity index (χ1) is 14.5. The summed E-state index contributed by atoms with van der Waals surface area (Å²) in [6.07, 6.45) is 0. The van der Waals surface area contributed by atoms with Crippen molar-refractivity contribution in [2.24, 2.45) is 0 Å². The summed E-state index contributed by atoms with van der Waals surface area (Å²) in [5.41, 5.74) is -0.461. The summed E-state index contributed by atoms with van der Waals surface area (Å²) in [5, 5.41) is 21.3. The molecule has 0 saturated heterocycles. The summed E-state index contributed by atoms with van der Waals surface area (Å²) < 4.78 is 41.3. The van der Waals surface area contributed by atoms with E-state index < -0.39 is 34.2 Å². The van der Waals surface area contributed by atoms with Gasteiger partial charge in [0.2, 0.25) is 0 Å². The Bertz CT molecular complexity index is 1160. The Balaban J connectivity index is 2.15. The standard InChI is InChI=1S/C23H17F2N3O2/c1-3-29-17-6-4-5-15(11-17)28-22-20(24)18(12-26)19(13-27)21(25)23(22)30-16-9-7-14(2)8-10-16/h4-11,28H,3H2,1-2H3. The molecule has 0 saturated carbocycles. The molecule has 3 aromatic carbocycles.